The lowest BCUT2D eigenvalue weighted by Gasteiger charge is -2.28. The Bertz CT molecular complexity index is 872. The fourth-order valence-electron chi connectivity index (χ4n) is 4.35. The molecule has 26 heavy (non-hydrogen) atoms. The summed E-state index contributed by atoms with van der Waals surface area (Å²) in [6, 6.07) is 3.07. The van der Waals surface area contributed by atoms with E-state index in [2.05, 4.69) is 4.72 Å². The van der Waals surface area contributed by atoms with Gasteiger partial charge in [0.2, 0.25) is 15.9 Å². The summed E-state index contributed by atoms with van der Waals surface area (Å²) in [5.74, 6) is -1.15. The summed E-state index contributed by atoms with van der Waals surface area (Å²) < 4.78 is 28.4. The molecule has 0 spiro atoms. The van der Waals surface area contributed by atoms with E-state index < -0.39 is 16.0 Å². The molecule has 1 aromatic carbocycles. The summed E-state index contributed by atoms with van der Waals surface area (Å²) in [4.78, 5) is 25.1. The van der Waals surface area contributed by atoms with E-state index in [-0.39, 0.29) is 29.2 Å². The predicted octanol–water partition coefficient (Wildman–Crippen LogP) is 1.44. The van der Waals surface area contributed by atoms with Crippen LogP contribution in [0.5, 0.6) is 0 Å². The molecule has 1 fully saturated rings. The van der Waals surface area contributed by atoms with E-state index in [1.54, 1.807) is 17.0 Å². The van der Waals surface area contributed by atoms with Gasteiger partial charge in [-0.3, -0.25) is 9.59 Å². The lowest BCUT2D eigenvalue weighted by molar-refractivity contribution is -0.142. The van der Waals surface area contributed by atoms with Crippen molar-refractivity contribution in [2.45, 2.75) is 55.9 Å². The molecule has 2 aliphatic heterocycles. The second-order valence-electron chi connectivity index (χ2n) is 7.42. The van der Waals surface area contributed by atoms with Crippen LogP contribution in [0.1, 0.15) is 43.2 Å². The molecule has 1 aromatic rings. The number of carbonyl (C=O) groups is 2. The quantitative estimate of drug-likeness (QED) is 0.825. The number of sulfonamides is 1. The van der Waals surface area contributed by atoms with Crippen molar-refractivity contribution >= 4 is 27.6 Å². The Kier molecular flexibility index (Phi) is 4.27. The van der Waals surface area contributed by atoms with E-state index in [1.165, 1.54) is 0 Å². The van der Waals surface area contributed by atoms with Crippen LogP contribution in [0.4, 0.5) is 5.69 Å². The Labute approximate surface area is 152 Å². The number of anilines is 1. The fraction of sp³-hybridized carbons (Fsp3) is 0.556. The first-order chi connectivity index (χ1) is 12.3. The number of aryl methyl sites for hydroxylation is 1. The molecule has 7 nitrogen and oxygen atoms in total. The molecule has 8 heteroatoms. The van der Waals surface area contributed by atoms with Crippen LogP contribution in [0.2, 0.25) is 0 Å². The molecule has 0 aromatic heterocycles. The third kappa shape index (κ3) is 3.01. The Balaban J connectivity index is 1.55. The second kappa shape index (κ2) is 6.35. The minimum atomic E-state index is -3.69. The van der Waals surface area contributed by atoms with Gasteiger partial charge < -0.3 is 10.0 Å². The van der Waals surface area contributed by atoms with Crippen molar-refractivity contribution in [1.82, 2.24) is 4.72 Å². The first-order valence-electron chi connectivity index (χ1n) is 9.06. The molecule has 1 saturated carbocycles. The van der Waals surface area contributed by atoms with E-state index >= 15 is 0 Å². The first kappa shape index (κ1) is 17.5. The molecule has 140 valence electrons. The summed E-state index contributed by atoms with van der Waals surface area (Å²) in [5, 5.41) is 9.06. The molecular formula is C18H22N2O5S. The van der Waals surface area contributed by atoms with Crippen LogP contribution in [-0.4, -0.2) is 38.0 Å². The van der Waals surface area contributed by atoms with Crippen LogP contribution >= 0.6 is 0 Å². The highest BCUT2D eigenvalue weighted by atomic mass is 32.2. The zero-order valence-corrected chi connectivity index (χ0v) is 15.2. The molecule has 2 heterocycles. The normalized spacial score (nSPS) is 25.2. The zero-order chi connectivity index (χ0) is 18.5. The molecule has 4 rings (SSSR count). The summed E-state index contributed by atoms with van der Waals surface area (Å²) >= 11 is 0. The lowest BCUT2D eigenvalue weighted by Crippen LogP contribution is -2.38. The van der Waals surface area contributed by atoms with Crippen molar-refractivity contribution in [3.63, 3.8) is 0 Å². The maximum atomic E-state index is 12.8. The van der Waals surface area contributed by atoms with E-state index in [1.807, 2.05) is 0 Å². The number of aliphatic carboxylic acids is 1. The predicted molar refractivity (Wildman–Crippen MR) is 94.5 cm³/mol. The van der Waals surface area contributed by atoms with Gasteiger partial charge in [-0.2, -0.15) is 0 Å². The summed E-state index contributed by atoms with van der Waals surface area (Å²) in [5.41, 5.74) is 2.62. The van der Waals surface area contributed by atoms with Gasteiger partial charge in [0.25, 0.3) is 0 Å². The minimum Gasteiger partial charge on any atom is -0.481 e. The standard InChI is InChI=1S/C18H22N2O5S/c21-16-10-13-9-15(8-12-2-1-7-20(16)17(12)13)26(24,25)19-14-5-3-11(4-6-14)18(22)23/h8-9,11,14,19H,1-7,10H2,(H,22,23). The first-order valence-corrected chi connectivity index (χ1v) is 10.5. The highest BCUT2D eigenvalue weighted by molar-refractivity contribution is 7.89. The lowest BCUT2D eigenvalue weighted by atomic mass is 9.87. The monoisotopic (exact) mass is 378 g/mol. The van der Waals surface area contributed by atoms with Gasteiger partial charge in [-0.15, -0.1) is 0 Å². The highest BCUT2D eigenvalue weighted by Gasteiger charge is 2.34. The van der Waals surface area contributed by atoms with E-state index in [0.717, 1.165) is 29.7 Å². The maximum Gasteiger partial charge on any atom is 0.306 e. The SMILES string of the molecule is O=C(O)C1CCC(NS(=O)(=O)c2cc3c4c(c2)CC(=O)N4CCC3)CC1. The summed E-state index contributed by atoms with van der Waals surface area (Å²) in [6.07, 6.45) is 3.91. The van der Waals surface area contributed by atoms with Crippen molar-refractivity contribution in [3.8, 4) is 0 Å². The van der Waals surface area contributed by atoms with Gasteiger partial charge in [-0.05, 0) is 61.8 Å². The molecule has 1 amide bonds. The topological polar surface area (TPSA) is 104 Å². The number of nitrogens with one attached hydrogen (secondary N) is 1. The van der Waals surface area contributed by atoms with Crippen LogP contribution < -0.4 is 9.62 Å². The Morgan fingerprint density at radius 1 is 1.15 bits per heavy atom. The van der Waals surface area contributed by atoms with Crippen molar-refractivity contribution in [3.05, 3.63) is 23.3 Å². The van der Waals surface area contributed by atoms with E-state index in [9.17, 15) is 18.0 Å². The summed E-state index contributed by atoms with van der Waals surface area (Å²) in [7, 11) is -3.69. The van der Waals surface area contributed by atoms with Crippen molar-refractivity contribution < 1.29 is 23.1 Å². The number of carboxylic acids is 1. The number of amides is 1. The van der Waals surface area contributed by atoms with Crippen LogP contribution in [-0.2, 0) is 32.5 Å². The average molecular weight is 378 g/mol. The largest absolute Gasteiger partial charge is 0.481 e. The molecule has 0 radical (unpaired) electrons. The Morgan fingerprint density at radius 2 is 1.85 bits per heavy atom. The average Bonchev–Trinajstić information content (AvgIpc) is 2.92. The van der Waals surface area contributed by atoms with Crippen LogP contribution in [0.25, 0.3) is 0 Å². The van der Waals surface area contributed by atoms with Gasteiger partial charge in [0.15, 0.2) is 0 Å². The van der Waals surface area contributed by atoms with Crippen LogP contribution in [0, 0.1) is 5.92 Å². The molecule has 1 aliphatic carbocycles. The Hall–Kier alpha value is -1.93. The van der Waals surface area contributed by atoms with Gasteiger partial charge in [0, 0.05) is 12.6 Å². The third-order valence-electron chi connectivity index (χ3n) is 5.69. The van der Waals surface area contributed by atoms with Crippen molar-refractivity contribution in [2.75, 3.05) is 11.4 Å². The molecule has 0 saturated heterocycles. The van der Waals surface area contributed by atoms with Crippen molar-refractivity contribution in [1.29, 1.82) is 0 Å². The Morgan fingerprint density at radius 3 is 2.54 bits per heavy atom. The van der Waals surface area contributed by atoms with Gasteiger partial charge >= 0.3 is 5.97 Å². The molecular weight excluding hydrogens is 356 g/mol. The van der Waals surface area contributed by atoms with E-state index in [0.29, 0.717) is 32.2 Å². The number of rotatable bonds is 4. The fourth-order valence-corrected chi connectivity index (χ4v) is 5.75. The number of hydrogen-bond acceptors (Lipinski definition) is 4. The molecule has 0 bridgehead atoms. The molecule has 3 aliphatic rings. The number of carbonyl (C=O) groups excluding carboxylic acids is 1. The number of nitrogens with zero attached hydrogens (tertiary/aromatic N) is 1. The highest BCUT2D eigenvalue weighted by Crippen LogP contribution is 2.38. The maximum absolute atomic E-state index is 12.8. The number of benzene rings is 1. The van der Waals surface area contributed by atoms with Crippen LogP contribution in [0.15, 0.2) is 17.0 Å². The number of carboxylic acid groups (broad SMARTS) is 1. The van der Waals surface area contributed by atoms with Gasteiger partial charge in [-0.1, -0.05) is 0 Å². The molecule has 0 unspecified atom stereocenters. The smallest absolute Gasteiger partial charge is 0.306 e. The molecule has 2 N–H and O–H groups in total. The van der Waals surface area contributed by atoms with Crippen molar-refractivity contribution in [2.24, 2.45) is 5.92 Å². The minimum absolute atomic E-state index is 0.0375. The van der Waals surface area contributed by atoms with Gasteiger partial charge in [-0.25, -0.2) is 13.1 Å². The van der Waals surface area contributed by atoms with E-state index in [4.69, 9.17) is 5.11 Å². The zero-order valence-electron chi connectivity index (χ0n) is 14.4. The van der Waals surface area contributed by atoms with Crippen LogP contribution in [0.3, 0.4) is 0 Å². The third-order valence-corrected chi connectivity index (χ3v) is 7.19. The second-order valence-corrected chi connectivity index (χ2v) is 9.14. The summed E-state index contributed by atoms with van der Waals surface area (Å²) in [6.45, 7) is 0.704. The van der Waals surface area contributed by atoms with Gasteiger partial charge in [0.05, 0.1) is 22.9 Å². The number of hydrogen-bond donors (Lipinski definition) is 2. The van der Waals surface area contributed by atoms with Gasteiger partial charge in [0.1, 0.15) is 0 Å². The molecule has 0 atom stereocenters.